The maximum Gasteiger partial charge on any atom is 0.410 e. The molecule has 0 radical (unpaired) electrons. The Kier molecular flexibility index (Phi) is 7.63. The normalized spacial score (nSPS) is 19.1. The van der Waals surface area contributed by atoms with E-state index in [1.165, 1.54) is 0 Å². The van der Waals surface area contributed by atoms with E-state index in [1.807, 2.05) is 53.9 Å². The first-order chi connectivity index (χ1) is 20.8. The molecule has 4 aromatic rings. The Morgan fingerprint density at radius 3 is 1.50 bits per heavy atom. The van der Waals surface area contributed by atoms with E-state index in [9.17, 15) is 9.59 Å². The van der Waals surface area contributed by atoms with Crippen LogP contribution in [0.1, 0.15) is 91.0 Å². The average Bonchev–Trinajstić information content (AvgIpc) is 3.76. The van der Waals surface area contributed by atoms with E-state index in [0.717, 1.165) is 70.6 Å². The molecule has 2 aliphatic heterocycles. The first kappa shape index (κ1) is 29.7. The number of nitrogens with zero attached hydrogens (tertiary/aromatic N) is 4. The van der Waals surface area contributed by atoms with Crippen molar-refractivity contribution in [2.24, 2.45) is 0 Å². The Morgan fingerprint density at radius 1 is 0.705 bits per heavy atom. The Morgan fingerprint density at radius 2 is 1.11 bits per heavy atom. The van der Waals surface area contributed by atoms with Crippen molar-refractivity contribution < 1.29 is 19.1 Å². The molecule has 2 amide bonds. The molecule has 0 spiro atoms. The number of carbonyl (C=O) groups is 2. The third-order valence-electron chi connectivity index (χ3n) is 8.02. The van der Waals surface area contributed by atoms with Gasteiger partial charge in [-0.1, -0.05) is 24.3 Å². The Hall–Kier alpha value is -4.34. The van der Waals surface area contributed by atoms with Gasteiger partial charge >= 0.3 is 12.2 Å². The van der Waals surface area contributed by atoms with Gasteiger partial charge in [0.2, 0.25) is 0 Å². The molecule has 44 heavy (non-hydrogen) atoms. The van der Waals surface area contributed by atoms with Crippen molar-refractivity contribution in [2.75, 3.05) is 13.1 Å². The topological polar surface area (TPSA) is 116 Å². The van der Waals surface area contributed by atoms with Crippen LogP contribution in [-0.2, 0) is 9.47 Å². The number of imidazole rings is 2. The minimum absolute atomic E-state index is 0.124. The van der Waals surface area contributed by atoms with E-state index in [2.05, 4.69) is 46.4 Å². The van der Waals surface area contributed by atoms with Gasteiger partial charge in [0, 0.05) is 36.6 Å². The van der Waals surface area contributed by atoms with E-state index >= 15 is 0 Å². The summed E-state index contributed by atoms with van der Waals surface area (Å²) in [6, 6.07) is 12.3. The van der Waals surface area contributed by atoms with Gasteiger partial charge in [0.15, 0.2) is 0 Å². The molecule has 0 unspecified atom stereocenters. The molecule has 2 atom stereocenters. The van der Waals surface area contributed by atoms with Gasteiger partial charge in [0.1, 0.15) is 22.9 Å². The fourth-order valence-electron chi connectivity index (χ4n) is 6.05. The zero-order chi connectivity index (χ0) is 31.2. The quantitative estimate of drug-likeness (QED) is 0.248. The Balaban J connectivity index is 1.18. The van der Waals surface area contributed by atoms with E-state index in [-0.39, 0.29) is 24.3 Å². The minimum atomic E-state index is -0.540. The predicted octanol–water partition coefficient (Wildman–Crippen LogP) is 7.76. The second-order valence-electron chi connectivity index (χ2n) is 13.8. The number of nitrogens with one attached hydrogen (secondary N) is 2. The molecule has 2 N–H and O–H groups in total. The largest absolute Gasteiger partial charge is 0.444 e. The molecule has 2 fully saturated rings. The fraction of sp³-hybridized carbons (Fsp3) is 0.471. The summed E-state index contributed by atoms with van der Waals surface area (Å²) in [5.41, 5.74) is 2.60. The third kappa shape index (κ3) is 6.30. The van der Waals surface area contributed by atoms with E-state index in [1.54, 1.807) is 9.80 Å². The van der Waals surface area contributed by atoms with Gasteiger partial charge in [-0.15, -0.1) is 0 Å². The van der Waals surface area contributed by atoms with Crippen molar-refractivity contribution in [3.05, 3.63) is 60.4 Å². The zero-order valence-electron chi connectivity index (χ0n) is 26.4. The summed E-state index contributed by atoms with van der Waals surface area (Å²) >= 11 is 0. The van der Waals surface area contributed by atoms with Crippen LogP contribution in [0.15, 0.2) is 48.8 Å². The first-order valence-corrected chi connectivity index (χ1v) is 15.5. The molecule has 0 bridgehead atoms. The van der Waals surface area contributed by atoms with Crippen molar-refractivity contribution in [3.8, 4) is 22.5 Å². The lowest BCUT2D eigenvalue weighted by Crippen LogP contribution is -2.36. The molecular formula is C34H42N6O4. The summed E-state index contributed by atoms with van der Waals surface area (Å²) in [6.07, 6.45) is 6.75. The second-order valence-corrected chi connectivity index (χ2v) is 13.8. The summed E-state index contributed by atoms with van der Waals surface area (Å²) < 4.78 is 11.3. The van der Waals surface area contributed by atoms with Gasteiger partial charge in [-0.2, -0.15) is 0 Å². The standard InChI is InChI=1S/C34H42N6O4/c1-33(2,3)43-31(41)39-15-7-9-27(39)29-35-19-25(37-29)23-13-11-22-18-24(14-12-21(22)17-23)26-20-36-30(38-26)28-10-8-16-40(28)32(42)44-34(4,5)6/h11-14,17-20,27-28H,7-10,15-16H2,1-6H3,(H,35,37)(H,36,38)/t27-,28-/m0/s1. The fourth-order valence-corrected chi connectivity index (χ4v) is 6.05. The predicted molar refractivity (Wildman–Crippen MR) is 169 cm³/mol. The number of rotatable bonds is 4. The number of ether oxygens (including phenoxy) is 2. The van der Waals surface area contributed by atoms with Crippen LogP contribution in [0.2, 0.25) is 0 Å². The van der Waals surface area contributed by atoms with Crippen LogP contribution in [0.5, 0.6) is 0 Å². The van der Waals surface area contributed by atoms with E-state index < -0.39 is 11.2 Å². The number of fused-ring (bicyclic) bond motifs is 1. The zero-order valence-corrected chi connectivity index (χ0v) is 26.4. The highest BCUT2D eigenvalue weighted by atomic mass is 16.6. The van der Waals surface area contributed by atoms with Crippen molar-refractivity contribution in [1.82, 2.24) is 29.7 Å². The van der Waals surface area contributed by atoms with Crippen molar-refractivity contribution in [1.29, 1.82) is 0 Å². The molecule has 232 valence electrons. The van der Waals surface area contributed by atoms with Crippen LogP contribution in [0.3, 0.4) is 0 Å². The average molecular weight is 599 g/mol. The summed E-state index contributed by atoms with van der Waals surface area (Å²) in [4.78, 5) is 45.5. The molecule has 2 aliphatic rings. The molecule has 6 rings (SSSR count). The molecule has 2 aromatic heterocycles. The lowest BCUT2D eigenvalue weighted by molar-refractivity contribution is 0.0208. The number of hydrogen-bond donors (Lipinski definition) is 2. The van der Waals surface area contributed by atoms with Crippen LogP contribution in [0.4, 0.5) is 9.59 Å². The van der Waals surface area contributed by atoms with Crippen LogP contribution < -0.4 is 0 Å². The lowest BCUT2D eigenvalue weighted by atomic mass is 10.0. The SMILES string of the molecule is CC(C)(C)OC(=O)N1CCC[C@H]1c1nc(-c2ccc3cc(-c4c[nH]c([C@@H]5CCCN5C(=O)OC(C)(C)C)n4)ccc3c2)c[nH]1. The van der Waals surface area contributed by atoms with Gasteiger partial charge in [0.05, 0.1) is 23.5 Å². The Bertz CT molecular complexity index is 1550. The second kappa shape index (κ2) is 11.3. The molecule has 2 aromatic carbocycles. The molecule has 0 saturated carbocycles. The van der Waals surface area contributed by atoms with Crippen LogP contribution in [0, 0.1) is 0 Å². The summed E-state index contributed by atoms with van der Waals surface area (Å²) in [5, 5.41) is 2.18. The lowest BCUT2D eigenvalue weighted by Gasteiger charge is -2.27. The number of H-pyrrole nitrogens is 2. The molecule has 10 heteroatoms. The number of amides is 2. The molecule has 0 aliphatic carbocycles. The van der Waals surface area contributed by atoms with Crippen LogP contribution in [-0.4, -0.2) is 66.2 Å². The number of benzene rings is 2. The maximum atomic E-state index is 12.8. The summed E-state index contributed by atoms with van der Waals surface area (Å²) in [5.74, 6) is 1.56. The van der Waals surface area contributed by atoms with Crippen molar-refractivity contribution in [3.63, 3.8) is 0 Å². The minimum Gasteiger partial charge on any atom is -0.444 e. The number of carbonyl (C=O) groups excluding carboxylic acids is 2. The highest BCUT2D eigenvalue weighted by molar-refractivity contribution is 5.90. The van der Waals surface area contributed by atoms with Gasteiger partial charge in [-0.3, -0.25) is 9.80 Å². The highest BCUT2D eigenvalue weighted by Crippen LogP contribution is 2.35. The number of aromatic amines is 2. The highest BCUT2D eigenvalue weighted by Gasteiger charge is 2.36. The summed E-state index contributed by atoms with van der Waals surface area (Å²) in [6.45, 7) is 12.6. The third-order valence-corrected chi connectivity index (χ3v) is 8.02. The van der Waals surface area contributed by atoms with Gasteiger partial charge < -0.3 is 19.4 Å². The van der Waals surface area contributed by atoms with Gasteiger partial charge in [0.25, 0.3) is 0 Å². The number of hydrogen-bond acceptors (Lipinski definition) is 6. The van der Waals surface area contributed by atoms with E-state index in [4.69, 9.17) is 19.4 Å². The van der Waals surface area contributed by atoms with Gasteiger partial charge in [-0.05, 0) is 90.1 Å². The molecular weight excluding hydrogens is 556 g/mol. The van der Waals surface area contributed by atoms with Crippen LogP contribution >= 0.6 is 0 Å². The molecule has 2 saturated heterocycles. The molecule has 10 nitrogen and oxygen atoms in total. The monoisotopic (exact) mass is 598 g/mol. The first-order valence-electron chi connectivity index (χ1n) is 15.5. The molecule has 4 heterocycles. The van der Waals surface area contributed by atoms with Crippen molar-refractivity contribution in [2.45, 2.75) is 90.5 Å². The maximum absolute atomic E-state index is 12.8. The van der Waals surface area contributed by atoms with Crippen LogP contribution in [0.25, 0.3) is 33.3 Å². The number of likely N-dealkylation sites (tertiary alicyclic amines) is 2. The summed E-state index contributed by atoms with van der Waals surface area (Å²) in [7, 11) is 0. The number of aromatic nitrogens is 4. The van der Waals surface area contributed by atoms with Gasteiger partial charge in [-0.25, -0.2) is 19.6 Å². The Labute approximate surface area is 258 Å². The smallest absolute Gasteiger partial charge is 0.410 e. The van der Waals surface area contributed by atoms with Crippen molar-refractivity contribution >= 4 is 23.0 Å². The van der Waals surface area contributed by atoms with E-state index in [0.29, 0.717) is 13.1 Å².